The van der Waals surface area contributed by atoms with Gasteiger partial charge in [-0.05, 0) is 29.7 Å². The fraction of sp³-hybridized carbons (Fsp3) is 0.400. The summed E-state index contributed by atoms with van der Waals surface area (Å²) >= 11 is 6.10. The zero-order valence-electron chi connectivity index (χ0n) is 11.4. The molecule has 1 unspecified atom stereocenters. The SMILES string of the molecule is NCC1c2cc(Cl)ccc2CN1CCCn1ccnc1. The van der Waals surface area contributed by atoms with Gasteiger partial charge < -0.3 is 10.3 Å². The lowest BCUT2D eigenvalue weighted by Gasteiger charge is -2.23. The van der Waals surface area contributed by atoms with Crippen LogP contribution in [0.25, 0.3) is 0 Å². The van der Waals surface area contributed by atoms with E-state index in [0.717, 1.165) is 31.1 Å². The van der Waals surface area contributed by atoms with Crippen molar-refractivity contribution in [2.45, 2.75) is 25.6 Å². The standard InChI is InChI=1S/C15H19ClN4/c16-13-3-2-12-10-20(15(9-17)14(12)8-13)6-1-5-19-7-4-18-11-19/h2-4,7-8,11,15H,1,5-6,9-10,17H2. The summed E-state index contributed by atoms with van der Waals surface area (Å²) in [6.45, 7) is 3.63. The predicted molar refractivity (Wildman–Crippen MR) is 80.5 cm³/mol. The van der Waals surface area contributed by atoms with Crippen molar-refractivity contribution in [2.75, 3.05) is 13.1 Å². The van der Waals surface area contributed by atoms with E-state index in [0.29, 0.717) is 12.6 Å². The lowest BCUT2D eigenvalue weighted by Crippen LogP contribution is -2.29. The van der Waals surface area contributed by atoms with Gasteiger partial charge in [0.2, 0.25) is 0 Å². The van der Waals surface area contributed by atoms with Crippen LogP contribution >= 0.6 is 11.6 Å². The summed E-state index contributed by atoms with van der Waals surface area (Å²) in [5.74, 6) is 0. The van der Waals surface area contributed by atoms with Gasteiger partial charge in [0.05, 0.1) is 6.33 Å². The number of hydrogen-bond donors (Lipinski definition) is 1. The van der Waals surface area contributed by atoms with Crippen LogP contribution in [0.15, 0.2) is 36.9 Å². The smallest absolute Gasteiger partial charge is 0.0945 e. The van der Waals surface area contributed by atoms with E-state index in [-0.39, 0.29) is 0 Å². The van der Waals surface area contributed by atoms with Crippen LogP contribution in [0.3, 0.4) is 0 Å². The quantitative estimate of drug-likeness (QED) is 0.920. The first-order valence-corrected chi connectivity index (χ1v) is 7.34. The van der Waals surface area contributed by atoms with E-state index >= 15 is 0 Å². The van der Waals surface area contributed by atoms with Crippen molar-refractivity contribution in [3.8, 4) is 0 Å². The zero-order chi connectivity index (χ0) is 13.9. The molecular formula is C15H19ClN4. The molecular weight excluding hydrogens is 272 g/mol. The highest BCUT2D eigenvalue weighted by atomic mass is 35.5. The third kappa shape index (κ3) is 2.73. The molecule has 1 aromatic heterocycles. The third-order valence-electron chi connectivity index (χ3n) is 3.93. The summed E-state index contributed by atoms with van der Waals surface area (Å²) in [5.41, 5.74) is 8.60. The van der Waals surface area contributed by atoms with Crippen LogP contribution in [0.4, 0.5) is 0 Å². The molecule has 20 heavy (non-hydrogen) atoms. The van der Waals surface area contributed by atoms with Gasteiger partial charge in [-0.2, -0.15) is 0 Å². The summed E-state index contributed by atoms with van der Waals surface area (Å²) in [5, 5.41) is 0.794. The molecule has 0 radical (unpaired) electrons. The molecule has 1 atom stereocenters. The van der Waals surface area contributed by atoms with Crippen LogP contribution in [-0.4, -0.2) is 27.5 Å². The van der Waals surface area contributed by atoms with Crippen LogP contribution < -0.4 is 5.73 Å². The molecule has 1 aromatic carbocycles. The van der Waals surface area contributed by atoms with Gasteiger partial charge in [0.15, 0.2) is 0 Å². The highest BCUT2D eigenvalue weighted by Crippen LogP contribution is 2.34. The number of halogens is 1. The Kier molecular flexibility index (Phi) is 4.05. The molecule has 0 amide bonds. The molecule has 0 saturated carbocycles. The molecule has 5 heteroatoms. The number of aromatic nitrogens is 2. The second-order valence-corrected chi connectivity index (χ2v) is 5.66. The number of nitrogens with zero attached hydrogens (tertiary/aromatic N) is 3. The predicted octanol–water partition coefficient (Wildman–Crippen LogP) is 2.44. The summed E-state index contributed by atoms with van der Waals surface area (Å²) in [7, 11) is 0. The Hall–Kier alpha value is -1.36. The van der Waals surface area contributed by atoms with E-state index in [1.807, 2.05) is 24.8 Å². The first-order chi connectivity index (χ1) is 9.78. The maximum absolute atomic E-state index is 6.10. The molecule has 0 aliphatic carbocycles. The van der Waals surface area contributed by atoms with Gasteiger partial charge >= 0.3 is 0 Å². The summed E-state index contributed by atoms with van der Waals surface area (Å²) < 4.78 is 2.11. The van der Waals surface area contributed by atoms with Crippen molar-refractivity contribution in [2.24, 2.45) is 5.73 Å². The van der Waals surface area contributed by atoms with E-state index < -0.39 is 0 Å². The van der Waals surface area contributed by atoms with E-state index in [1.54, 1.807) is 0 Å². The van der Waals surface area contributed by atoms with Gasteiger partial charge in [0.1, 0.15) is 0 Å². The molecule has 1 aliphatic rings. The minimum atomic E-state index is 0.298. The van der Waals surface area contributed by atoms with Crippen molar-refractivity contribution in [1.29, 1.82) is 0 Å². The average molecular weight is 291 g/mol. The minimum absolute atomic E-state index is 0.298. The van der Waals surface area contributed by atoms with E-state index in [2.05, 4.69) is 26.6 Å². The average Bonchev–Trinajstić information content (AvgIpc) is 3.05. The van der Waals surface area contributed by atoms with Crippen LogP contribution in [0.5, 0.6) is 0 Å². The van der Waals surface area contributed by atoms with Crippen molar-refractivity contribution < 1.29 is 0 Å². The Bertz CT molecular complexity index is 567. The topological polar surface area (TPSA) is 47.1 Å². The lowest BCUT2D eigenvalue weighted by molar-refractivity contribution is 0.213. The van der Waals surface area contributed by atoms with Crippen molar-refractivity contribution in [1.82, 2.24) is 14.5 Å². The third-order valence-corrected chi connectivity index (χ3v) is 4.16. The number of aryl methyl sites for hydroxylation is 1. The Morgan fingerprint density at radius 3 is 3.00 bits per heavy atom. The van der Waals surface area contributed by atoms with Crippen LogP contribution in [0, 0.1) is 0 Å². The molecule has 3 rings (SSSR count). The Labute approximate surface area is 124 Å². The molecule has 2 N–H and O–H groups in total. The fourth-order valence-corrected chi connectivity index (χ4v) is 3.11. The van der Waals surface area contributed by atoms with Gasteiger partial charge in [-0.1, -0.05) is 17.7 Å². The molecule has 0 fully saturated rings. The number of benzene rings is 1. The van der Waals surface area contributed by atoms with Crippen molar-refractivity contribution >= 4 is 11.6 Å². The molecule has 2 heterocycles. The van der Waals surface area contributed by atoms with Gasteiger partial charge in [0.25, 0.3) is 0 Å². The first-order valence-electron chi connectivity index (χ1n) is 6.96. The number of nitrogens with two attached hydrogens (primary N) is 1. The summed E-state index contributed by atoms with van der Waals surface area (Å²) in [6.07, 6.45) is 6.77. The van der Waals surface area contributed by atoms with E-state index in [1.165, 1.54) is 11.1 Å². The summed E-state index contributed by atoms with van der Waals surface area (Å²) in [6, 6.07) is 6.44. The number of fused-ring (bicyclic) bond motifs is 1. The molecule has 106 valence electrons. The van der Waals surface area contributed by atoms with Crippen molar-refractivity contribution in [3.05, 3.63) is 53.1 Å². The highest BCUT2D eigenvalue weighted by molar-refractivity contribution is 6.30. The largest absolute Gasteiger partial charge is 0.337 e. The van der Waals surface area contributed by atoms with Crippen molar-refractivity contribution in [3.63, 3.8) is 0 Å². The molecule has 4 nitrogen and oxygen atoms in total. The van der Waals surface area contributed by atoms with Crippen LogP contribution in [-0.2, 0) is 13.1 Å². The van der Waals surface area contributed by atoms with Crippen LogP contribution in [0.1, 0.15) is 23.6 Å². The van der Waals surface area contributed by atoms with Gasteiger partial charge in [0, 0.05) is 49.6 Å². The Morgan fingerprint density at radius 2 is 2.25 bits per heavy atom. The zero-order valence-corrected chi connectivity index (χ0v) is 12.1. The number of hydrogen-bond acceptors (Lipinski definition) is 3. The molecule has 1 aliphatic heterocycles. The Morgan fingerprint density at radius 1 is 1.35 bits per heavy atom. The minimum Gasteiger partial charge on any atom is -0.337 e. The second kappa shape index (κ2) is 5.95. The number of imidazole rings is 1. The molecule has 2 aromatic rings. The maximum atomic E-state index is 6.10. The van der Waals surface area contributed by atoms with Gasteiger partial charge in [-0.25, -0.2) is 4.98 Å². The fourth-order valence-electron chi connectivity index (χ4n) is 2.93. The van der Waals surface area contributed by atoms with Crippen LogP contribution in [0.2, 0.25) is 5.02 Å². The highest BCUT2D eigenvalue weighted by Gasteiger charge is 2.28. The van der Waals surface area contributed by atoms with E-state index in [9.17, 15) is 0 Å². The van der Waals surface area contributed by atoms with E-state index in [4.69, 9.17) is 17.3 Å². The normalized spacial score (nSPS) is 18.4. The van der Waals surface area contributed by atoms with Gasteiger partial charge in [-0.3, -0.25) is 4.90 Å². The van der Waals surface area contributed by atoms with Gasteiger partial charge in [-0.15, -0.1) is 0 Å². The Balaban J connectivity index is 1.63. The second-order valence-electron chi connectivity index (χ2n) is 5.22. The monoisotopic (exact) mass is 290 g/mol. The lowest BCUT2D eigenvalue weighted by atomic mass is 10.1. The molecule has 0 spiro atoms. The molecule has 0 bridgehead atoms. The number of rotatable bonds is 5. The maximum Gasteiger partial charge on any atom is 0.0945 e. The summed E-state index contributed by atoms with van der Waals surface area (Å²) in [4.78, 5) is 6.50. The first kappa shape index (κ1) is 13.6. The molecule has 0 saturated heterocycles.